The lowest BCUT2D eigenvalue weighted by Crippen LogP contribution is -1.97. The first kappa shape index (κ1) is 13.5. The van der Waals surface area contributed by atoms with Gasteiger partial charge in [-0.2, -0.15) is 0 Å². The minimum absolute atomic E-state index is 0.176. The van der Waals surface area contributed by atoms with Crippen LogP contribution in [0.4, 0.5) is 4.39 Å². The number of aromatic nitrogens is 2. The number of hydrogen-bond donors (Lipinski definition) is 1. The Hall–Kier alpha value is -2.53. The van der Waals surface area contributed by atoms with Gasteiger partial charge in [0.1, 0.15) is 11.3 Å². The molecule has 0 aliphatic heterocycles. The molecule has 0 aliphatic rings. The standard InChI is InChI=1S/C16H13FN2O2/c1-10-5-6-11-3-2-4-14(15(11)19-10)21-16-12(9-20)7-13(17)8-18-16/h2-8,20H,9H2,1H3. The Balaban J connectivity index is 2.08. The fraction of sp³-hybridized carbons (Fsp3) is 0.125. The number of pyridine rings is 2. The number of para-hydroxylation sites is 1. The molecule has 2 heterocycles. The van der Waals surface area contributed by atoms with Gasteiger partial charge in [0.25, 0.3) is 0 Å². The molecule has 0 spiro atoms. The number of hydrogen-bond acceptors (Lipinski definition) is 4. The third kappa shape index (κ3) is 2.68. The number of nitrogens with zero attached hydrogens (tertiary/aromatic N) is 2. The van der Waals surface area contributed by atoms with E-state index in [9.17, 15) is 9.50 Å². The van der Waals surface area contributed by atoms with Gasteiger partial charge < -0.3 is 9.84 Å². The summed E-state index contributed by atoms with van der Waals surface area (Å²) in [6, 6.07) is 10.6. The number of fused-ring (bicyclic) bond motifs is 1. The Morgan fingerprint density at radius 1 is 1.24 bits per heavy atom. The lowest BCUT2D eigenvalue weighted by atomic mass is 10.2. The highest BCUT2D eigenvalue weighted by Gasteiger charge is 2.10. The summed E-state index contributed by atoms with van der Waals surface area (Å²) < 4.78 is 18.9. The largest absolute Gasteiger partial charge is 0.436 e. The van der Waals surface area contributed by atoms with Crippen LogP contribution in [-0.2, 0) is 6.61 Å². The van der Waals surface area contributed by atoms with E-state index in [1.54, 1.807) is 6.07 Å². The number of rotatable bonds is 3. The van der Waals surface area contributed by atoms with Crippen molar-refractivity contribution in [3.63, 3.8) is 0 Å². The second kappa shape index (κ2) is 5.46. The average Bonchev–Trinajstić information content (AvgIpc) is 2.49. The van der Waals surface area contributed by atoms with E-state index in [2.05, 4.69) is 9.97 Å². The molecule has 1 N–H and O–H groups in total. The van der Waals surface area contributed by atoms with E-state index in [-0.39, 0.29) is 12.5 Å². The van der Waals surface area contributed by atoms with Crippen LogP contribution < -0.4 is 4.74 Å². The first-order valence-electron chi connectivity index (χ1n) is 6.47. The van der Waals surface area contributed by atoms with Gasteiger partial charge in [-0.3, -0.25) is 0 Å². The van der Waals surface area contributed by atoms with Crippen LogP contribution in [0.1, 0.15) is 11.3 Å². The molecular weight excluding hydrogens is 271 g/mol. The predicted molar refractivity (Wildman–Crippen MR) is 76.7 cm³/mol. The molecule has 106 valence electrons. The fourth-order valence-electron chi connectivity index (χ4n) is 2.08. The van der Waals surface area contributed by atoms with Crippen LogP contribution >= 0.6 is 0 Å². The number of benzene rings is 1. The van der Waals surface area contributed by atoms with Gasteiger partial charge in [-0.25, -0.2) is 14.4 Å². The summed E-state index contributed by atoms with van der Waals surface area (Å²) in [5, 5.41) is 10.2. The first-order chi connectivity index (χ1) is 10.2. The second-order valence-electron chi connectivity index (χ2n) is 4.66. The van der Waals surface area contributed by atoms with E-state index < -0.39 is 5.82 Å². The van der Waals surface area contributed by atoms with Crippen molar-refractivity contribution in [1.29, 1.82) is 0 Å². The van der Waals surface area contributed by atoms with E-state index in [1.165, 1.54) is 6.07 Å². The summed E-state index contributed by atoms with van der Waals surface area (Å²) in [5.41, 5.74) is 1.86. The van der Waals surface area contributed by atoms with Gasteiger partial charge in [0, 0.05) is 16.6 Å². The number of aryl methyl sites for hydroxylation is 1. The van der Waals surface area contributed by atoms with E-state index in [0.717, 1.165) is 17.3 Å². The lowest BCUT2D eigenvalue weighted by Gasteiger charge is -2.10. The van der Waals surface area contributed by atoms with Crippen LogP contribution in [0.2, 0.25) is 0 Å². The van der Waals surface area contributed by atoms with E-state index in [1.807, 2.05) is 31.2 Å². The Morgan fingerprint density at radius 2 is 2.10 bits per heavy atom. The zero-order chi connectivity index (χ0) is 14.8. The molecular formula is C16H13FN2O2. The summed E-state index contributed by atoms with van der Waals surface area (Å²) in [7, 11) is 0. The van der Waals surface area contributed by atoms with Gasteiger partial charge in [-0.05, 0) is 25.1 Å². The van der Waals surface area contributed by atoms with Gasteiger partial charge in [-0.1, -0.05) is 18.2 Å². The molecule has 0 saturated heterocycles. The Kier molecular flexibility index (Phi) is 3.50. The molecule has 0 saturated carbocycles. The Morgan fingerprint density at radius 3 is 2.90 bits per heavy atom. The van der Waals surface area contributed by atoms with Crippen molar-refractivity contribution in [3.8, 4) is 11.6 Å². The molecule has 4 nitrogen and oxygen atoms in total. The van der Waals surface area contributed by atoms with Crippen molar-refractivity contribution in [3.05, 3.63) is 59.7 Å². The molecule has 0 atom stereocenters. The van der Waals surface area contributed by atoms with Gasteiger partial charge in [0.15, 0.2) is 5.75 Å². The summed E-state index contributed by atoms with van der Waals surface area (Å²) >= 11 is 0. The summed E-state index contributed by atoms with van der Waals surface area (Å²) in [4.78, 5) is 8.34. The normalized spacial score (nSPS) is 10.8. The van der Waals surface area contributed by atoms with Crippen molar-refractivity contribution >= 4 is 10.9 Å². The smallest absolute Gasteiger partial charge is 0.225 e. The maximum atomic E-state index is 13.1. The minimum Gasteiger partial charge on any atom is -0.436 e. The van der Waals surface area contributed by atoms with Crippen LogP contribution in [-0.4, -0.2) is 15.1 Å². The zero-order valence-electron chi connectivity index (χ0n) is 11.4. The van der Waals surface area contributed by atoms with Crippen LogP contribution in [0, 0.1) is 12.7 Å². The highest BCUT2D eigenvalue weighted by Crippen LogP contribution is 2.29. The highest BCUT2D eigenvalue weighted by molar-refractivity contribution is 5.84. The molecule has 2 aromatic heterocycles. The Bertz CT molecular complexity index is 805. The second-order valence-corrected chi connectivity index (χ2v) is 4.66. The molecule has 0 aliphatic carbocycles. The van der Waals surface area contributed by atoms with Gasteiger partial charge in [-0.15, -0.1) is 0 Å². The summed E-state index contributed by atoms with van der Waals surface area (Å²) in [5.74, 6) is 0.179. The molecule has 3 aromatic rings. The van der Waals surface area contributed by atoms with Gasteiger partial charge in [0.05, 0.1) is 12.8 Å². The number of ether oxygens (including phenoxy) is 1. The molecule has 0 fully saturated rings. The van der Waals surface area contributed by atoms with Gasteiger partial charge in [0.2, 0.25) is 5.88 Å². The maximum absolute atomic E-state index is 13.1. The molecule has 0 unspecified atom stereocenters. The van der Waals surface area contributed by atoms with E-state index in [4.69, 9.17) is 4.74 Å². The van der Waals surface area contributed by atoms with E-state index in [0.29, 0.717) is 16.8 Å². The van der Waals surface area contributed by atoms with Gasteiger partial charge >= 0.3 is 0 Å². The highest BCUT2D eigenvalue weighted by atomic mass is 19.1. The van der Waals surface area contributed by atoms with Crippen LogP contribution in [0.3, 0.4) is 0 Å². The predicted octanol–water partition coefficient (Wildman–Crippen LogP) is 3.36. The Labute approximate surface area is 120 Å². The van der Waals surface area contributed by atoms with Crippen LogP contribution in [0.25, 0.3) is 10.9 Å². The lowest BCUT2D eigenvalue weighted by molar-refractivity contribution is 0.274. The average molecular weight is 284 g/mol. The van der Waals surface area contributed by atoms with Crippen molar-refractivity contribution in [1.82, 2.24) is 9.97 Å². The van der Waals surface area contributed by atoms with Crippen molar-refractivity contribution in [2.24, 2.45) is 0 Å². The molecule has 21 heavy (non-hydrogen) atoms. The molecule has 5 heteroatoms. The maximum Gasteiger partial charge on any atom is 0.225 e. The zero-order valence-corrected chi connectivity index (χ0v) is 11.4. The molecule has 0 bridgehead atoms. The number of aliphatic hydroxyl groups excluding tert-OH is 1. The van der Waals surface area contributed by atoms with Crippen molar-refractivity contribution in [2.75, 3.05) is 0 Å². The number of halogens is 1. The summed E-state index contributed by atoms with van der Waals surface area (Å²) in [6.07, 6.45) is 1.05. The molecule has 3 rings (SSSR count). The topological polar surface area (TPSA) is 55.2 Å². The quantitative estimate of drug-likeness (QED) is 0.801. The molecule has 0 radical (unpaired) electrons. The molecule has 1 aromatic carbocycles. The first-order valence-corrected chi connectivity index (χ1v) is 6.47. The SMILES string of the molecule is Cc1ccc2cccc(Oc3ncc(F)cc3CO)c2n1. The summed E-state index contributed by atoms with van der Waals surface area (Å²) in [6.45, 7) is 1.54. The van der Waals surface area contributed by atoms with E-state index >= 15 is 0 Å². The molecule has 0 amide bonds. The monoisotopic (exact) mass is 284 g/mol. The van der Waals surface area contributed by atoms with Crippen molar-refractivity contribution < 1.29 is 14.2 Å². The van der Waals surface area contributed by atoms with Crippen LogP contribution in [0.15, 0.2) is 42.6 Å². The number of aliphatic hydroxyl groups is 1. The van der Waals surface area contributed by atoms with Crippen molar-refractivity contribution in [2.45, 2.75) is 13.5 Å². The third-order valence-electron chi connectivity index (χ3n) is 3.09. The minimum atomic E-state index is -0.515. The third-order valence-corrected chi connectivity index (χ3v) is 3.09. The van der Waals surface area contributed by atoms with Crippen LogP contribution in [0.5, 0.6) is 11.6 Å². The fourth-order valence-corrected chi connectivity index (χ4v) is 2.08.